The SMILES string of the molecule is O=C(/C=C/c1cc2ccccc2o1)Nc1cnccc1CO. The molecular weight excluding hydrogens is 280 g/mol. The summed E-state index contributed by atoms with van der Waals surface area (Å²) in [6, 6.07) is 11.2. The Bertz CT molecular complexity index is 804. The van der Waals surface area contributed by atoms with Crippen LogP contribution in [0.5, 0.6) is 0 Å². The average molecular weight is 294 g/mol. The molecule has 22 heavy (non-hydrogen) atoms. The van der Waals surface area contributed by atoms with Gasteiger partial charge >= 0.3 is 0 Å². The molecule has 0 bridgehead atoms. The van der Waals surface area contributed by atoms with E-state index in [4.69, 9.17) is 4.42 Å². The van der Waals surface area contributed by atoms with Crippen molar-refractivity contribution in [3.8, 4) is 0 Å². The summed E-state index contributed by atoms with van der Waals surface area (Å²) in [6.45, 7) is -0.161. The number of hydrogen-bond acceptors (Lipinski definition) is 4. The fourth-order valence-electron chi connectivity index (χ4n) is 2.09. The number of furan rings is 1. The van der Waals surface area contributed by atoms with E-state index in [1.54, 1.807) is 18.3 Å². The minimum atomic E-state index is -0.317. The molecule has 0 radical (unpaired) electrons. The van der Waals surface area contributed by atoms with Crippen molar-refractivity contribution in [3.63, 3.8) is 0 Å². The molecule has 0 aliphatic heterocycles. The van der Waals surface area contributed by atoms with Gasteiger partial charge in [-0.25, -0.2) is 0 Å². The molecule has 5 nitrogen and oxygen atoms in total. The molecule has 2 N–H and O–H groups in total. The quantitative estimate of drug-likeness (QED) is 0.725. The van der Waals surface area contributed by atoms with E-state index in [2.05, 4.69) is 10.3 Å². The highest BCUT2D eigenvalue weighted by Gasteiger charge is 2.05. The van der Waals surface area contributed by atoms with Crippen LogP contribution in [-0.2, 0) is 11.4 Å². The largest absolute Gasteiger partial charge is 0.457 e. The van der Waals surface area contributed by atoms with Gasteiger partial charge in [0.1, 0.15) is 11.3 Å². The second-order valence-corrected chi connectivity index (χ2v) is 4.70. The van der Waals surface area contributed by atoms with Crippen LogP contribution in [0.15, 0.2) is 59.3 Å². The molecule has 0 unspecified atom stereocenters. The number of aliphatic hydroxyl groups excluding tert-OH is 1. The lowest BCUT2D eigenvalue weighted by Gasteiger charge is -2.06. The highest BCUT2D eigenvalue weighted by molar-refractivity contribution is 6.02. The Morgan fingerprint density at radius 3 is 3.00 bits per heavy atom. The molecule has 0 spiro atoms. The maximum Gasteiger partial charge on any atom is 0.248 e. The van der Waals surface area contributed by atoms with Gasteiger partial charge in [-0.2, -0.15) is 0 Å². The van der Waals surface area contributed by atoms with Gasteiger partial charge in [0.15, 0.2) is 0 Å². The molecule has 110 valence electrons. The van der Waals surface area contributed by atoms with Crippen LogP contribution >= 0.6 is 0 Å². The van der Waals surface area contributed by atoms with Crippen molar-refractivity contribution < 1.29 is 14.3 Å². The summed E-state index contributed by atoms with van der Waals surface area (Å²) in [7, 11) is 0. The minimum Gasteiger partial charge on any atom is -0.457 e. The first kappa shape index (κ1) is 14.0. The molecule has 3 aromatic rings. The van der Waals surface area contributed by atoms with Crippen LogP contribution in [0.2, 0.25) is 0 Å². The van der Waals surface area contributed by atoms with Crippen molar-refractivity contribution in [2.75, 3.05) is 5.32 Å². The number of aliphatic hydroxyl groups is 1. The number of fused-ring (bicyclic) bond motifs is 1. The van der Waals surface area contributed by atoms with Gasteiger partial charge in [0.25, 0.3) is 0 Å². The molecule has 0 fully saturated rings. The van der Waals surface area contributed by atoms with Gasteiger partial charge in [-0.05, 0) is 24.3 Å². The van der Waals surface area contributed by atoms with Crippen LogP contribution in [0.1, 0.15) is 11.3 Å². The van der Waals surface area contributed by atoms with Crippen LogP contribution in [-0.4, -0.2) is 16.0 Å². The zero-order chi connectivity index (χ0) is 15.4. The molecule has 0 aliphatic carbocycles. The fraction of sp³-hybridized carbons (Fsp3) is 0.0588. The Morgan fingerprint density at radius 1 is 1.32 bits per heavy atom. The summed E-state index contributed by atoms with van der Waals surface area (Å²) in [5.41, 5.74) is 1.88. The van der Waals surface area contributed by atoms with E-state index in [0.29, 0.717) is 17.0 Å². The highest BCUT2D eigenvalue weighted by atomic mass is 16.3. The Balaban J connectivity index is 1.73. The number of nitrogens with one attached hydrogen (secondary N) is 1. The van der Waals surface area contributed by atoms with E-state index in [-0.39, 0.29) is 12.5 Å². The molecule has 1 amide bonds. The number of pyridine rings is 1. The maximum absolute atomic E-state index is 11.9. The number of benzene rings is 1. The van der Waals surface area contributed by atoms with E-state index in [0.717, 1.165) is 11.0 Å². The Kier molecular flexibility index (Phi) is 3.98. The first-order chi connectivity index (χ1) is 10.8. The highest BCUT2D eigenvalue weighted by Crippen LogP contribution is 2.19. The Labute approximate surface area is 126 Å². The summed E-state index contributed by atoms with van der Waals surface area (Å²) in [5.74, 6) is 0.285. The van der Waals surface area contributed by atoms with Crippen molar-refractivity contribution >= 4 is 28.6 Å². The Morgan fingerprint density at radius 2 is 2.18 bits per heavy atom. The van der Waals surface area contributed by atoms with E-state index < -0.39 is 0 Å². The first-order valence-corrected chi connectivity index (χ1v) is 6.77. The molecule has 2 aromatic heterocycles. The third kappa shape index (κ3) is 3.05. The third-order valence-corrected chi connectivity index (χ3v) is 3.18. The smallest absolute Gasteiger partial charge is 0.248 e. The summed E-state index contributed by atoms with van der Waals surface area (Å²) >= 11 is 0. The van der Waals surface area contributed by atoms with Crippen LogP contribution in [0.3, 0.4) is 0 Å². The fourth-order valence-corrected chi connectivity index (χ4v) is 2.09. The van der Waals surface area contributed by atoms with Crippen LogP contribution in [0, 0.1) is 0 Å². The van der Waals surface area contributed by atoms with Gasteiger partial charge in [-0.3, -0.25) is 9.78 Å². The zero-order valence-corrected chi connectivity index (χ0v) is 11.7. The predicted octanol–water partition coefficient (Wildman–Crippen LogP) is 2.97. The zero-order valence-electron chi connectivity index (χ0n) is 11.7. The number of nitrogens with zero attached hydrogens (tertiary/aromatic N) is 1. The number of carbonyl (C=O) groups is 1. The topological polar surface area (TPSA) is 75.4 Å². The lowest BCUT2D eigenvalue weighted by Crippen LogP contribution is -2.10. The molecule has 0 atom stereocenters. The number of amides is 1. The lowest BCUT2D eigenvalue weighted by atomic mass is 10.2. The van der Waals surface area contributed by atoms with Gasteiger partial charge in [-0.1, -0.05) is 18.2 Å². The molecule has 0 saturated carbocycles. The maximum atomic E-state index is 11.9. The monoisotopic (exact) mass is 294 g/mol. The number of carbonyl (C=O) groups excluding carboxylic acids is 1. The molecular formula is C17H14N2O3. The molecule has 0 aliphatic rings. The van der Waals surface area contributed by atoms with Crippen LogP contribution in [0.25, 0.3) is 17.0 Å². The van der Waals surface area contributed by atoms with E-state index in [1.807, 2.05) is 30.3 Å². The predicted molar refractivity (Wildman–Crippen MR) is 84.0 cm³/mol. The van der Waals surface area contributed by atoms with Gasteiger partial charge in [0.2, 0.25) is 5.91 Å². The van der Waals surface area contributed by atoms with Crippen molar-refractivity contribution in [3.05, 3.63) is 66.2 Å². The van der Waals surface area contributed by atoms with Crippen molar-refractivity contribution in [2.24, 2.45) is 0 Å². The number of rotatable bonds is 4. The molecule has 1 aromatic carbocycles. The van der Waals surface area contributed by atoms with Gasteiger partial charge in [0, 0.05) is 23.2 Å². The van der Waals surface area contributed by atoms with Gasteiger partial charge in [0.05, 0.1) is 18.5 Å². The molecule has 3 rings (SSSR count). The second-order valence-electron chi connectivity index (χ2n) is 4.70. The van der Waals surface area contributed by atoms with E-state index in [9.17, 15) is 9.90 Å². The van der Waals surface area contributed by atoms with Gasteiger partial charge < -0.3 is 14.8 Å². The van der Waals surface area contributed by atoms with Crippen molar-refractivity contribution in [1.29, 1.82) is 0 Å². The Hall–Kier alpha value is -2.92. The minimum absolute atomic E-state index is 0.161. The van der Waals surface area contributed by atoms with E-state index in [1.165, 1.54) is 12.3 Å². The number of aromatic nitrogens is 1. The summed E-state index contributed by atoms with van der Waals surface area (Å²) in [5, 5.41) is 12.9. The molecule has 0 saturated heterocycles. The number of para-hydroxylation sites is 1. The number of anilines is 1. The molecule has 5 heteroatoms. The van der Waals surface area contributed by atoms with Crippen LogP contribution in [0.4, 0.5) is 5.69 Å². The van der Waals surface area contributed by atoms with Crippen molar-refractivity contribution in [2.45, 2.75) is 6.61 Å². The average Bonchev–Trinajstić information content (AvgIpc) is 2.96. The van der Waals surface area contributed by atoms with Crippen LogP contribution < -0.4 is 5.32 Å². The number of hydrogen-bond donors (Lipinski definition) is 2. The lowest BCUT2D eigenvalue weighted by molar-refractivity contribution is -0.111. The summed E-state index contributed by atoms with van der Waals surface area (Å²) < 4.78 is 5.59. The normalized spacial score (nSPS) is 11.1. The first-order valence-electron chi connectivity index (χ1n) is 6.77. The van der Waals surface area contributed by atoms with Crippen molar-refractivity contribution in [1.82, 2.24) is 4.98 Å². The second kappa shape index (κ2) is 6.24. The summed E-state index contributed by atoms with van der Waals surface area (Å²) in [6.07, 6.45) is 6.04. The standard InChI is InChI=1S/C17H14N2O3/c20-11-13-7-8-18-10-15(13)19-17(21)6-5-14-9-12-3-1-2-4-16(12)22-14/h1-10,20H,11H2,(H,19,21)/b6-5+. The summed E-state index contributed by atoms with van der Waals surface area (Å²) in [4.78, 5) is 15.8. The third-order valence-electron chi connectivity index (χ3n) is 3.18. The molecule has 2 heterocycles. The van der Waals surface area contributed by atoms with E-state index >= 15 is 0 Å². The van der Waals surface area contributed by atoms with Gasteiger partial charge in [-0.15, -0.1) is 0 Å².